The summed E-state index contributed by atoms with van der Waals surface area (Å²) in [7, 11) is 0. The maximum Gasteiger partial charge on any atom is 0.335 e. The van der Waals surface area contributed by atoms with E-state index in [1.807, 2.05) is 0 Å². The van der Waals surface area contributed by atoms with Crippen LogP contribution in [-0.4, -0.2) is 63.0 Å². The molecule has 4 aromatic rings. The average molecular weight is 607 g/mol. The van der Waals surface area contributed by atoms with Crippen LogP contribution in [-0.2, 0) is 42.1 Å². The van der Waals surface area contributed by atoms with Gasteiger partial charge in [-0.05, 0) is 61.2 Å². The molecule has 2 fully saturated rings. The molecule has 2 aromatic heterocycles. The van der Waals surface area contributed by atoms with Gasteiger partial charge in [0.25, 0.3) is 0 Å². The van der Waals surface area contributed by atoms with Gasteiger partial charge in [0, 0.05) is 48.4 Å². The van der Waals surface area contributed by atoms with Gasteiger partial charge >= 0.3 is 5.97 Å². The number of fused-ring (bicyclic) bond motifs is 2. The number of pyridine rings is 1. The molecule has 2 atom stereocenters. The highest BCUT2D eigenvalue weighted by Crippen LogP contribution is 2.35. The monoisotopic (exact) mass is 606 g/mol. The molecule has 0 saturated carbocycles. The Labute approximate surface area is 253 Å². The van der Waals surface area contributed by atoms with Crippen LogP contribution >= 0.6 is 11.6 Å². The Hall–Kier alpha value is -3.57. The summed E-state index contributed by atoms with van der Waals surface area (Å²) < 4.78 is 34.2. The Morgan fingerprint density at radius 3 is 2.77 bits per heavy atom. The summed E-state index contributed by atoms with van der Waals surface area (Å²) in [6.45, 7) is 4.74. The van der Waals surface area contributed by atoms with Crippen molar-refractivity contribution in [2.24, 2.45) is 0 Å². The number of aromatic nitrogens is 3. The fourth-order valence-corrected chi connectivity index (χ4v) is 6.24. The number of carboxylic acids is 1. The second-order valence-corrected chi connectivity index (χ2v) is 11.9. The molecule has 5 heterocycles. The minimum Gasteiger partial charge on any atom is -0.478 e. The Morgan fingerprint density at radius 1 is 1.14 bits per heavy atom. The molecule has 1 unspecified atom stereocenters. The summed E-state index contributed by atoms with van der Waals surface area (Å²) in [6.07, 6.45) is 2.78. The van der Waals surface area contributed by atoms with E-state index in [9.17, 15) is 14.3 Å². The number of aromatic carboxylic acids is 1. The molecular weight excluding hydrogens is 575 g/mol. The van der Waals surface area contributed by atoms with Crippen LogP contribution in [0.4, 0.5) is 4.39 Å². The standard InChI is InChI=1S/C32H32ClFN4O5/c33-23-3-1-22(26(34)13-23)18-43-31-25(21-6-9-41-17-21)11-19-5-8-37(15-28(19)36-31)16-30-35-27-4-2-20(32(39)40)12-29(27)38(30)14-24-7-10-42-24/h1-4,11-13,21,24H,5-10,14-18H2,(H,39,40)/t21?,24-/m0/s1. The van der Waals surface area contributed by atoms with Gasteiger partial charge in [0.05, 0.1) is 48.1 Å². The Bertz CT molecular complexity index is 1680. The second-order valence-electron chi connectivity index (χ2n) is 11.5. The van der Waals surface area contributed by atoms with Crippen LogP contribution < -0.4 is 4.74 Å². The van der Waals surface area contributed by atoms with Gasteiger partial charge in [0.15, 0.2) is 0 Å². The van der Waals surface area contributed by atoms with E-state index in [0.717, 1.165) is 60.5 Å². The quantitative estimate of drug-likeness (QED) is 0.272. The molecule has 43 heavy (non-hydrogen) atoms. The van der Waals surface area contributed by atoms with Crippen LogP contribution in [0.2, 0.25) is 5.02 Å². The first-order chi connectivity index (χ1) is 20.9. The third kappa shape index (κ3) is 5.84. The first kappa shape index (κ1) is 28.2. The van der Waals surface area contributed by atoms with Crippen LogP contribution in [0.5, 0.6) is 5.88 Å². The number of hydrogen-bond donors (Lipinski definition) is 1. The van der Waals surface area contributed by atoms with E-state index in [4.69, 9.17) is 35.8 Å². The molecule has 1 N–H and O–H groups in total. The summed E-state index contributed by atoms with van der Waals surface area (Å²) in [5, 5.41) is 9.90. The highest BCUT2D eigenvalue weighted by atomic mass is 35.5. The Morgan fingerprint density at radius 2 is 2.02 bits per heavy atom. The molecule has 0 radical (unpaired) electrons. The fraction of sp³-hybridized carbons (Fsp3) is 0.406. The molecule has 0 aliphatic carbocycles. The van der Waals surface area contributed by atoms with Crippen molar-refractivity contribution in [1.82, 2.24) is 19.4 Å². The lowest BCUT2D eigenvalue weighted by atomic mass is 9.94. The molecular formula is C32H32ClFN4O5. The van der Waals surface area contributed by atoms with Crippen LogP contribution in [0.1, 0.15) is 57.3 Å². The van der Waals surface area contributed by atoms with E-state index >= 15 is 0 Å². The molecule has 224 valence electrons. The number of imidazole rings is 1. The molecule has 7 rings (SSSR count). The van der Waals surface area contributed by atoms with E-state index in [0.29, 0.717) is 49.3 Å². The minimum absolute atomic E-state index is 0.0463. The number of rotatable bonds is 9. The highest BCUT2D eigenvalue weighted by molar-refractivity contribution is 6.30. The summed E-state index contributed by atoms with van der Waals surface area (Å²) in [5.74, 6) is 0.195. The molecule has 0 spiro atoms. The normalized spacial score (nSPS) is 20.2. The third-order valence-corrected chi connectivity index (χ3v) is 8.86. The average Bonchev–Trinajstić information content (AvgIpc) is 3.62. The predicted molar refractivity (Wildman–Crippen MR) is 157 cm³/mol. The number of carbonyl (C=O) groups is 1. The summed E-state index contributed by atoms with van der Waals surface area (Å²) in [4.78, 5) is 23.9. The number of halogens is 2. The third-order valence-electron chi connectivity index (χ3n) is 8.62. The first-order valence-electron chi connectivity index (χ1n) is 14.6. The SMILES string of the molecule is O=C(O)c1ccc2nc(CN3CCc4cc(C5CCOC5)c(OCc5ccc(Cl)cc5F)nc4C3)n(C[C@@H]3CCO3)c2c1. The van der Waals surface area contributed by atoms with E-state index in [2.05, 4.69) is 15.5 Å². The maximum absolute atomic E-state index is 14.5. The molecule has 11 heteroatoms. The van der Waals surface area contributed by atoms with Crippen LogP contribution in [0, 0.1) is 5.82 Å². The fourth-order valence-electron chi connectivity index (χ4n) is 6.08. The molecule has 9 nitrogen and oxygen atoms in total. The van der Waals surface area contributed by atoms with Gasteiger partial charge in [-0.15, -0.1) is 0 Å². The van der Waals surface area contributed by atoms with Gasteiger partial charge in [-0.3, -0.25) is 4.90 Å². The number of nitrogens with zero attached hydrogens (tertiary/aromatic N) is 4. The van der Waals surface area contributed by atoms with Crippen LogP contribution in [0.25, 0.3) is 11.0 Å². The largest absolute Gasteiger partial charge is 0.478 e. The maximum atomic E-state index is 14.5. The van der Waals surface area contributed by atoms with Crippen molar-refractivity contribution in [3.63, 3.8) is 0 Å². The number of carboxylic acid groups (broad SMARTS) is 1. The lowest BCUT2D eigenvalue weighted by Gasteiger charge is -2.31. The van der Waals surface area contributed by atoms with E-state index in [1.165, 1.54) is 11.6 Å². The minimum atomic E-state index is -0.963. The summed E-state index contributed by atoms with van der Waals surface area (Å²) in [6, 6.07) is 11.8. The molecule has 0 bridgehead atoms. The van der Waals surface area contributed by atoms with Gasteiger partial charge in [-0.2, -0.15) is 0 Å². The molecule has 2 saturated heterocycles. The van der Waals surface area contributed by atoms with Crippen molar-refractivity contribution < 1.29 is 28.5 Å². The highest BCUT2D eigenvalue weighted by Gasteiger charge is 2.28. The van der Waals surface area contributed by atoms with E-state index in [1.54, 1.807) is 30.3 Å². The summed E-state index contributed by atoms with van der Waals surface area (Å²) in [5.41, 5.74) is 5.35. The number of hydrogen-bond acceptors (Lipinski definition) is 7. The van der Waals surface area contributed by atoms with Crippen molar-refractivity contribution in [2.45, 2.75) is 57.5 Å². The lowest BCUT2D eigenvalue weighted by molar-refractivity contribution is -0.0592. The number of ether oxygens (including phenoxy) is 3. The number of benzene rings is 2. The molecule has 2 aromatic carbocycles. The van der Waals surface area contributed by atoms with Crippen molar-refractivity contribution in [3.8, 4) is 5.88 Å². The van der Waals surface area contributed by atoms with Gasteiger partial charge in [-0.1, -0.05) is 17.7 Å². The van der Waals surface area contributed by atoms with Crippen molar-refractivity contribution in [3.05, 3.63) is 87.1 Å². The zero-order valence-electron chi connectivity index (χ0n) is 23.6. The molecule has 3 aliphatic heterocycles. The van der Waals surface area contributed by atoms with Crippen LogP contribution in [0.15, 0.2) is 42.5 Å². The topological polar surface area (TPSA) is 98.9 Å². The zero-order chi connectivity index (χ0) is 29.5. The first-order valence-corrected chi connectivity index (χ1v) is 15.0. The Balaban J connectivity index is 1.16. The van der Waals surface area contributed by atoms with Crippen molar-refractivity contribution >= 4 is 28.6 Å². The van der Waals surface area contributed by atoms with Gasteiger partial charge < -0.3 is 23.9 Å². The van der Waals surface area contributed by atoms with Gasteiger partial charge in [-0.25, -0.2) is 19.2 Å². The molecule has 3 aliphatic rings. The Kier molecular flexibility index (Phi) is 7.77. The van der Waals surface area contributed by atoms with Crippen molar-refractivity contribution in [2.75, 3.05) is 26.4 Å². The smallest absolute Gasteiger partial charge is 0.335 e. The predicted octanol–water partition coefficient (Wildman–Crippen LogP) is 5.35. The van der Waals surface area contributed by atoms with E-state index in [-0.39, 0.29) is 24.2 Å². The van der Waals surface area contributed by atoms with Gasteiger partial charge in [0.1, 0.15) is 18.2 Å². The van der Waals surface area contributed by atoms with Gasteiger partial charge in [0.2, 0.25) is 5.88 Å². The summed E-state index contributed by atoms with van der Waals surface area (Å²) >= 11 is 5.94. The lowest BCUT2D eigenvalue weighted by Crippen LogP contribution is -2.34. The zero-order valence-corrected chi connectivity index (χ0v) is 24.4. The van der Waals surface area contributed by atoms with E-state index < -0.39 is 11.8 Å². The second kappa shape index (κ2) is 11.8. The molecule has 0 amide bonds. The van der Waals surface area contributed by atoms with Crippen molar-refractivity contribution in [1.29, 1.82) is 0 Å². The van der Waals surface area contributed by atoms with Crippen LogP contribution in [0.3, 0.4) is 0 Å².